The quantitative estimate of drug-likeness (QED) is 0.891. The summed E-state index contributed by atoms with van der Waals surface area (Å²) in [5.41, 5.74) is 4.50. The summed E-state index contributed by atoms with van der Waals surface area (Å²) in [7, 11) is 2.13. The fourth-order valence-electron chi connectivity index (χ4n) is 2.35. The van der Waals surface area contributed by atoms with Gasteiger partial charge in [-0.3, -0.25) is 9.67 Å². The van der Waals surface area contributed by atoms with Gasteiger partial charge in [0, 0.05) is 55.4 Å². The van der Waals surface area contributed by atoms with Crippen LogP contribution in [0.2, 0.25) is 0 Å². The predicted octanol–water partition coefficient (Wildman–Crippen LogP) is 1.82. The Kier molecular flexibility index (Phi) is 3.21. The van der Waals surface area contributed by atoms with E-state index in [4.69, 9.17) is 0 Å². The van der Waals surface area contributed by atoms with E-state index in [0.29, 0.717) is 0 Å². The molecule has 2 aromatic rings. The molecule has 3 rings (SSSR count). The minimum absolute atomic E-state index is 0.883. The van der Waals surface area contributed by atoms with Crippen molar-refractivity contribution >= 4 is 5.69 Å². The maximum absolute atomic E-state index is 4.57. The van der Waals surface area contributed by atoms with Crippen LogP contribution in [0, 0.1) is 0 Å². The summed E-state index contributed by atoms with van der Waals surface area (Å²) in [5.74, 6) is 0. The number of rotatable bonds is 2. The second kappa shape index (κ2) is 5.01. The highest BCUT2D eigenvalue weighted by Gasteiger charge is 2.13. The molecule has 0 atom stereocenters. The summed E-state index contributed by atoms with van der Waals surface area (Å²) < 4.78 is 1.92. The molecule has 19 heavy (non-hydrogen) atoms. The number of anilines is 1. The first-order valence-corrected chi connectivity index (χ1v) is 6.70. The summed E-state index contributed by atoms with van der Waals surface area (Å²) in [6.45, 7) is 5.94. The molecule has 0 radical (unpaired) electrons. The van der Waals surface area contributed by atoms with Gasteiger partial charge in [0.15, 0.2) is 0 Å². The maximum Gasteiger partial charge on any atom is 0.0754 e. The molecule has 0 saturated heterocycles. The number of hydrogen-bond acceptors (Lipinski definition) is 4. The van der Waals surface area contributed by atoms with Gasteiger partial charge in [-0.15, -0.1) is 0 Å². The number of aryl methyl sites for hydroxylation is 1. The highest BCUT2D eigenvalue weighted by Crippen LogP contribution is 2.25. The summed E-state index contributed by atoms with van der Waals surface area (Å²) in [5, 5.41) is 7.78. The van der Waals surface area contributed by atoms with E-state index in [-0.39, 0.29) is 0 Å². The van der Waals surface area contributed by atoms with Gasteiger partial charge in [-0.25, -0.2) is 0 Å². The Morgan fingerprint density at radius 3 is 3.05 bits per heavy atom. The summed E-state index contributed by atoms with van der Waals surface area (Å²) in [6, 6.07) is 2.13. The maximum atomic E-state index is 4.57. The molecule has 0 bridgehead atoms. The lowest BCUT2D eigenvalue weighted by molar-refractivity contribution is 0.346. The fourth-order valence-corrected chi connectivity index (χ4v) is 2.35. The van der Waals surface area contributed by atoms with Crippen molar-refractivity contribution in [3.63, 3.8) is 0 Å². The van der Waals surface area contributed by atoms with Crippen LogP contribution in [0.15, 0.2) is 24.7 Å². The van der Waals surface area contributed by atoms with E-state index in [9.17, 15) is 0 Å². The van der Waals surface area contributed by atoms with Crippen molar-refractivity contribution in [2.45, 2.75) is 20.0 Å². The van der Waals surface area contributed by atoms with E-state index in [1.54, 1.807) is 0 Å². The van der Waals surface area contributed by atoms with Crippen molar-refractivity contribution in [2.24, 2.45) is 0 Å². The van der Waals surface area contributed by atoms with Crippen LogP contribution in [-0.2, 0) is 13.1 Å². The molecule has 0 aliphatic carbocycles. The van der Waals surface area contributed by atoms with Gasteiger partial charge < -0.3 is 10.2 Å². The Labute approximate surface area is 113 Å². The van der Waals surface area contributed by atoms with Crippen LogP contribution in [0.1, 0.15) is 12.5 Å². The molecule has 100 valence electrons. The molecule has 2 aromatic heterocycles. The second-order valence-electron chi connectivity index (χ2n) is 4.98. The van der Waals surface area contributed by atoms with Crippen molar-refractivity contribution in [3.05, 3.63) is 30.2 Å². The summed E-state index contributed by atoms with van der Waals surface area (Å²) in [6.07, 6.45) is 5.89. The molecule has 0 unspecified atom stereocenters. The molecule has 1 aliphatic rings. The van der Waals surface area contributed by atoms with Crippen LogP contribution in [0.3, 0.4) is 0 Å². The number of fused-ring (bicyclic) bond motifs is 1. The van der Waals surface area contributed by atoms with Crippen molar-refractivity contribution in [1.29, 1.82) is 0 Å². The molecular formula is C14H19N5. The number of likely N-dealkylation sites (N-methyl/N-ethyl adjacent to an activating group) is 1. The average Bonchev–Trinajstić information content (AvgIpc) is 2.81. The Bertz CT molecular complexity index is 575. The molecule has 0 amide bonds. The number of aromatic nitrogens is 3. The van der Waals surface area contributed by atoms with Crippen molar-refractivity contribution in [2.75, 3.05) is 25.5 Å². The SMILES string of the molecule is CCn1cc(-c2cc3c(cn2)CN(C)CCN3)cn1. The number of pyridine rings is 1. The van der Waals surface area contributed by atoms with Crippen LogP contribution in [-0.4, -0.2) is 39.8 Å². The third-order valence-electron chi connectivity index (χ3n) is 3.49. The standard InChI is InChI=1S/C14H19N5/c1-3-19-10-12(8-17-19)14-6-13-11(7-16-14)9-18(2)5-4-15-13/h6-8,10,15H,3-5,9H2,1-2H3. The molecule has 5 heteroatoms. The zero-order chi connectivity index (χ0) is 13.2. The lowest BCUT2D eigenvalue weighted by atomic mass is 10.1. The van der Waals surface area contributed by atoms with Gasteiger partial charge in [-0.05, 0) is 20.0 Å². The van der Waals surface area contributed by atoms with Crippen LogP contribution in [0.5, 0.6) is 0 Å². The Balaban J connectivity index is 1.94. The predicted molar refractivity (Wildman–Crippen MR) is 76.0 cm³/mol. The molecule has 0 aromatic carbocycles. The van der Waals surface area contributed by atoms with Crippen LogP contribution < -0.4 is 5.32 Å². The zero-order valence-electron chi connectivity index (χ0n) is 11.4. The minimum atomic E-state index is 0.883. The largest absolute Gasteiger partial charge is 0.383 e. The number of nitrogens with zero attached hydrogens (tertiary/aromatic N) is 4. The minimum Gasteiger partial charge on any atom is -0.383 e. The van der Waals surface area contributed by atoms with Gasteiger partial charge in [0.25, 0.3) is 0 Å². The Hall–Kier alpha value is -1.88. The molecule has 5 nitrogen and oxygen atoms in total. The molecule has 0 saturated carbocycles. The van der Waals surface area contributed by atoms with E-state index in [0.717, 1.165) is 37.4 Å². The van der Waals surface area contributed by atoms with Crippen LogP contribution >= 0.6 is 0 Å². The fraction of sp³-hybridized carbons (Fsp3) is 0.429. The van der Waals surface area contributed by atoms with E-state index in [1.165, 1.54) is 11.3 Å². The lowest BCUT2D eigenvalue weighted by Gasteiger charge is -2.12. The number of hydrogen-bond donors (Lipinski definition) is 1. The van der Waals surface area contributed by atoms with Crippen molar-refractivity contribution < 1.29 is 0 Å². The summed E-state index contributed by atoms with van der Waals surface area (Å²) in [4.78, 5) is 6.87. The van der Waals surface area contributed by atoms with Crippen molar-refractivity contribution in [1.82, 2.24) is 19.7 Å². The summed E-state index contributed by atoms with van der Waals surface area (Å²) >= 11 is 0. The normalized spacial score (nSPS) is 15.7. The molecule has 1 aliphatic heterocycles. The molecular weight excluding hydrogens is 238 g/mol. The van der Waals surface area contributed by atoms with E-state index in [2.05, 4.69) is 40.3 Å². The van der Waals surface area contributed by atoms with E-state index >= 15 is 0 Å². The third kappa shape index (κ3) is 2.46. The van der Waals surface area contributed by atoms with Gasteiger partial charge in [-0.2, -0.15) is 5.10 Å². The van der Waals surface area contributed by atoms with Crippen LogP contribution in [0.25, 0.3) is 11.3 Å². The van der Waals surface area contributed by atoms with Gasteiger partial charge in [0.05, 0.1) is 11.9 Å². The van der Waals surface area contributed by atoms with E-state index < -0.39 is 0 Å². The lowest BCUT2D eigenvalue weighted by Crippen LogP contribution is -2.20. The smallest absolute Gasteiger partial charge is 0.0754 e. The zero-order valence-corrected chi connectivity index (χ0v) is 11.4. The molecule has 3 heterocycles. The van der Waals surface area contributed by atoms with Gasteiger partial charge in [-0.1, -0.05) is 0 Å². The molecule has 0 spiro atoms. The second-order valence-corrected chi connectivity index (χ2v) is 4.98. The van der Waals surface area contributed by atoms with Crippen LogP contribution in [0.4, 0.5) is 5.69 Å². The first-order valence-electron chi connectivity index (χ1n) is 6.70. The molecule has 0 fully saturated rings. The first kappa shape index (κ1) is 12.2. The first-order chi connectivity index (χ1) is 9.26. The monoisotopic (exact) mass is 257 g/mol. The third-order valence-corrected chi connectivity index (χ3v) is 3.49. The van der Waals surface area contributed by atoms with Crippen molar-refractivity contribution in [3.8, 4) is 11.3 Å². The van der Waals surface area contributed by atoms with Gasteiger partial charge in [0.2, 0.25) is 0 Å². The van der Waals surface area contributed by atoms with Gasteiger partial charge >= 0.3 is 0 Å². The van der Waals surface area contributed by atoms with Gasteiger partial charge in [0.1, 0.15) is 0 Å². The average molecular weight is 257 g/mol. The highest BCUT2D eigenvalue weighted by molar-refractivity contribution is 5.65. The Morgan fingerprint density at radius 2 is 2.26 bits per heavy atom. The Morgan fingerprint density at radius 1 is 1.37 bits per heavy atom. The molecule has 1 N–H and O–H groups in total. The topological polar surface area (TPSA) is 46.0 Å². The van der Waals surface area contributed by atoms with E-state index in [1.807, 2.05) is 23.3 Å². The highest BCUT2D eigenvalue weighted by atomic mass is 15.3. The number of nitrogens with one attached hydrogen (secondary N) is 1.